The number of anilines is 1. The lowest BCUT2D eigenvalue weighted by atomic mass is 10.1. The van der Waals surface area contributed by atoms with E-state index in [1.165, 1.54) is 23.8 Å². The third-order valence-corrected chi connectivity index (χ3v) is 4.78. The summed E-state index contributed by atoms with van der Waals surface area (Å²) >= 11 is 0. The minimum Gasteiger partial charge on any atom is -0.492 e. The molecule has 33 heavy (non-hydrogen) atoms. The first-order valence-electron chi connectivity index (χ1n) is 9.88. The van der Waals surface area contributed by atoms with Gasteiger partial charge in [0.2, 0.25) is 5.91 Å². The molecular formula is C22H19F3N6O2. The van der Waals surface area contributed by atoms with E-state index in [9.17, 15) is 18.0 Å². The Kier molecular flexibility index (Phi) is 5.86. The number of alkyl halides is 3. The zero-order chi connectivity index (χ0) is 23.6. The van der Waals surface area contributed by atoms with E-state index in [4.69, 9.17) is 10.5 Å². The molecule has 0 atom stereocenters. The number of pyridine rings is 1. The largest absolute Gasteiger partial charge is 0.492 e. The summed E-state index contributed by atoms with van der Waals surface area (Å²) < 4.78 is 46.8. The molecule has 4 rings (SSSR count). The van der Waals surface area contributed by atoms with Gasteiger partial charge < -0.3 is 15.8 Å². The second-order valence-electron chi connectivity index (χ2n) is 7.14. The minimum atomic E-state index is -4.63. The molecule has 1 amide bonds. The molecule has 0 aliphatic carbocycles. The summed E-state index contributed by atoms with van der Waals surface area (Å²) in [6, 6.07) is 11.6. The Labute approximate surface area is 186 Å². The lowest BCUT2D eigenvalue weighted by molar-refractivity contribution is -0.137. The van der Waals surface area contributed by atoms with Gasteiger partial charge in [-0.1, -0.05) is 0 Å². The molecule has 3 heterocycles. The van der Waals surface area contributed by atoms with Gasteiger partial charge in [0.05, 0.1) is 29.7 Å². The highest BCUT2D eigenvalue weighted by atomic mass is 19.4. The number of nitrogen functional groups attached to an aromatic ring is 1. The SMILES string of the molecule is CC(=O)NCCOc1ccc(-c2ccc3ncc(-c4cnc(N)c(C(F)(F)F)c4)n3n2)cc1. The molecule has 0 aliphatic rings. The van der Waals surface area contributed by atoms with E-state index in [1.54, 1.807) is 24.3 Å². The van der Waals surface area contributed by atoms with Crippen molar-refractivity contribution in [1.29, 1.82) is 0 Å². The number of nitrogens with zero attached hydrogens (tertiary/aromatic N) is 4. The van der Waals surface area contributed by atoms with Crippen LogP contribution in [0.5, 0.6) is 5.75 Å². The number of fused-ring (bicyclic) bond motifs is 1. The molecule has 0 unspecified atom stereocenters. The molecular weight excluding hydrogens is 437 g/mol. The zero-order valence-corrected chi connectivity index (χ0v) is 17.4. The summed E-state index contributed by atoms with van der Waals surface area (Å²) in [5.41, 5.74) is 6.77. The summed E-state index contributed by atoms with van der Waals surface area (Å²) in [4.78, 5) is 18.8. The predicted octanol–water partition coefficient (Wildman–Crippen LogP) is 3.57. The first kappa shape index (κ1) is 22.1. The van der Waals surface area contributed by atoms with Crippen molar-refractivity contribution >= 4 is 17.4 Å². The van der Waals surface area contributed by atoms with Gasteiger partial charge in [-0.2, -0.15) is 18.3 Å². The van der Waals surface area contributed by atoms with Gasteiger partial charge in [-0.15, -0.1) is 0 Å². The number of amides is 1. The molecule has 170 valence electrons. The number of nitrogens with one attached hydrogen (secondary N) is 1. The number of carbonyl (C=O) groups excluding carboxylic acids is 1. The zero-order valence-electron chi connectivity index (χ0n) is 17.4. The van der Waals surface area contributed by atoms with Crippen LogP contribution in [0.4, 0.5) is 19.0 Å². The Hall–Kier alpha value is -4.15. The van der Waals surface area contributed by atoms with Gasteiger partial charge in [-0.05, 0) is 42.5 Å². The molecule has 3 N–H and O–H groups in total. The molecule has 8 nitrogen and oxygen atoms in total. The summed E-state index contributed by atoms with van der Waals surface area (Å²) in [6.07, 6.45) is -1.93. The average molecular weight is 456 g/mol. The van der Waals surface area contributed by atoms with Crippen LogP contribution in [0.25, 0.3) is 28.2 Å². The number of hydrogen-bond acceptors (Lipinski definition) is 6. The molecule has 4 aromatic rings. The number of ether oxygens (including phenoxy) is 1. The highest BCUT2D eigenvalue weighted by Gasteiger charge is 2.34. The lowest BCUT2D eigenvalue weighted by Crippen LogP contribution is -2.25. The van der Waals surface area contributed by atoms with Crippen molar-refractivity contribution in [2.45, 2.75) is 13.1 Å². The molecule has 0 bridgehead atoms. The number of rotatable bonds is 6. The van der Waals surface area contributed by atoms with E-state index in [0.29, 0.717) is 35.9 Å². The van der Waals surface area contributed by atoms with Crippen molar-refractivity contribution in [3.63, 3.8) is 0 Å². The Morgan fingerprint density at radius 3 is 2.55 bits per heavy atom. The number of nitrogens with two attached hydrogens (primary N) is 1. The molecule has 1 aromatic carbocycles. The minimum absolute atomic E-state index is 0.126. The summed E-state index contributed by atoms with van der Waals surface area (Å²) in [7, 11) is 0. The Morgan fingerprint density at radius 2 is 1.85 bits per heavy atom. The maximum Gasteiger partial charge on any atom is 0.419 e. The number of aromatic nitrogens is 4. The van der Waals surface area contributed by atoms with Crippen LogP contribution in [0.2, 0.25) is 0 Å². The summed E-state index contributed by atoms with van der Waals surface area (Å²) in [5, 5.41) is 7.19. The number of imidazole rings is 1. The first-order valence-corrected chi connectivity index (χ1v) is 9.88. The summed E-state index contributed by atoms with van der Waals surface area (Å²) in [6.45, 7) is 2.16. The molecule has 0 fully saturated rings. The Bertz CT molecular complexity index is 1300. The van der Waals surface area contributed by atoms with Crippen LogP contribution in [0.1, 0.15) is 12.5 Å². The van der Waals surface area contributed by atoms with Crippen LogP contribution < -0.4 is 15.8 Å². The van der Waals surface area contributed by atoms with Crippen LogP contribution in [-0.2, 0) is 11.0 Å². The molecule has 0 saturated carbocycles. The van der Waals surface area contributed by atoms with Crippen LogP contribution >= 0.6 is 0 Å². The third kappa shape index (κ3) is 4.86. The molecule has 0 saturated heterocycles. The smallest absolute Gasteiger partial charge is 0.419 e. The van der Waals surface area contributed by atoms with Crippen molar-refractivity contribution in [3.8, 4) is 28.3 Å². The predicted molar refractivity (Wildman–Crippen MR) is 115 cm³/mol. The quantitative estimate of drug-likeness (QED) is 0.430. The lowest BCUT2D eigenvalue weighted by Gasteiger charge is -2.11. The van der Waals surface area contributed by atoms with Crippen LogP contribution in [-0.4, -0.2) is 38.6 Å². The molecule has 11 heteroatoms. The summed E-state index contributed by atoms with van der Waals surface area (Å²) in [5.74, 6) is -0.0899. The van der Waals surface area contributed by atoms with E-state index < -0.39 is 17.6 Å². The number of benzene rings is 1. The van der Waals surface area contributed by atoms with Crippen LogP contribution in [0.3, 0.4) is 0 Å². The van der Waals surface area contributed by atoms with Gasteiger partial charge in [-0.3, -0.25) is 4.79 Å². The Morgan fingerprint density at radius 1 is 1.09 bits per heavy atom. The van der Waals surface area contributed by atoms with Gasteiger partial charge in [0.1, 0.15) is 18.2 Å². The standard InChI is InChI=1S/C22H19F3N6O2/c1-13(32)27-8-9-33-16-4-2-14(3-5-16)18-6-7-20-28-12-19(31(20)30-18)15-10-17(22(23,24)25)21(26)29-11-15/h2-7,10-12H,8-9H2,1H3,(H2,26,29)(H,27,32). The van der Waals surface area contributed by atoms with Crippen molar-refractivity contribution in [2.24, 2.45) is 0 Å². The van der Waals surface area contributed by atoms with E-state index in [0.717, 1.165) is 11.6 Å². The van der Waals surface area contributed by atoms with Crippen molar-refractivity contribution in [2.75, 3.05) is 18.9 Å². The topological polar surface area (TPSA) is 107 Å². The van der Waals surface area contributed by atoms with E-state index in [-0.39, 0.29) is 11.5 Å². The van der Waals surface area contributed by atoms with Gasteiger partial charge in [0.25, 0.3) is 0 Å². The van der Waals surface area contributed by atoms with Gasteiger partial charge in [-0.25, -0.2) is 14.5 Å². The fourth-order valence-corrected chi connectivity index (χ4v) is 3.18. The van der Waals surface area contributed by atoms with E-state index >= 15 is 0 Å². The normalized spacial score (nSPS) is 11.5. The van der Waals surface area contributed by atoms with Gasteiger partial charge >= 0.3 is 6.18 Å². The van der Waals surface area contributed by atoms with Crippen LogP contribution in [0, 0.1) is 0 Å². The maximum absolute atomic E-state index is 13.2. The van der Waals surface area contributed by atoms with E-state index in [1.807, 2.05) is 12.1 Å². The molecule has 0 aliphatic heterocycles. The van der Waals surface area contributed by atoms with Gasteiger partial charge in [0.15, 0.2) is 5.65 Å². The molecule has 3 aromatic heterocycles. The second kappa shape index (κ2) is 8.77. The second-order valence-corrected chi connectivity index (χ2v) is 7.14. The van der Waals surface area contributed by atoms with Gasteiger partial charge in [0, 0.05) is 24.2 Å². The van der Waals surface area contributed by atoms with Crippen molar-refractivity contribution in [1.82, 2.24) is 24.9 Å². The Balaban J connectivity index is 1.61. The highest BCUT2D eigenvalue weighted by Crippen LogP contribution is 2.35. The first-order chi connectivity index (χ1) is 15.7. The number of halogens is 3. The monoisotopic (exact) mass is 456 g/mol. The van der Waals surface area contributed by atoms with Crippen molar-refractivity contribution in [3.05, 3.63) is 60.4 Å². The maximum atomic E-state index is 13.2. The third-order valence-electron chi connectivity index (χ3n) is 4.78. The van der Waals surface area contributed by atoms with Crippen LogP contribution in [0.15, 0.2) is 54.9 Å². The van der Waals surface area contributed by atoms with Crippen molar-refractivity contribution < 1.29 is 22.7 Å². The fourth-order valence-electron chi connectivity index (χ4n) is 3.18. The fraction of sp³-hybridized carbons (Fsp3) is 0.182. The highest BCUT2D eigenvalue weighted by molar-refractivity contribution is 5.72. The number of carbonyl (C=O) groups is 1. The molecule has 0 spiro atoms. The molecule has 0 radical (unpaired) electrons. The average Bonchev–Trinajstić information content (AvgIpc) is 3.20. The number of hydrogen-bond donors (Lipinski definition) is 2. The van der Waals surface area contributed by atoms with E-state index in [2.05, 4.69) is 20.4 Å².